The van der Waals surface area contributed by atoms with Crippen LogP contribution in [0.2, 0.25) is 0 Å². The number of carbonyl (C=O) groups excluding carboxylic acids is 2. The van der Waals surface area contributed by atoms with Gasteiger partial charge in [0.1, 0.15) is 11.6 Å². The summed E-state index contributed by atoms with van der Waals surface area (Å²) in [5.41, 5.74) is 5.38. The molecule has 1 aliphatic rings. The number of carbonyl (C=O) groups is 3. The number of hydrogen-bond donors (Lipinski definition) is 3. The van der Waals surface area contributed by atoms with Gasteiger partial charge in [0.25, 0.3) is 0 Å². The van der Waals surface area contributed by atoms with E-state index in [1.54, 1.807) is 30.3 Å². The number of ether oxygens (including phenoxy) is 1. The van der Waals surface area contributed by atoms with Crippen molar-refractivity contribution in [3.8, 4) is 0 Å². The molecular weight excluding hydrogens is 516 g/mol. The van der Waals surface area contributed by atoms with Gasteiger partial charge in [0.15, 0.2) is 0 Å². The molecule has 2 aromatic rings. The lowest BCUT2D eigenvalue weighted by Gasteiger charge is -2.42. The highest BCUT2D eigenvalue weighted by Crippen LogP contribution is 2.51. The standard InChI is InChI=1S/C29H38N4O7/c1-4-19(2)27(40-18-20-11-7-5-8-12-20)24-26(33(38)39)25(21-13-9-6-10-14-21)32(22(34)17-30)29(24,3)28(37)31-16-15-23(35)36/h5-14,19,24-27H,4,15-18,30H2,1-3H3,(H,31,37)(H,35,36)/t19-,24+,25-,26-,27?,29-/m0/s1. The van der Waals surface area contributed by atoms with Gasteiger partial charge in [-0.2, -0.15) is 0 Å². The Labute approximate surface area is 233 Å². The van der Waals surface area contributed by atoms with E-state index in [1.807, 2.05) is 44.2 Å². The number of nitro groups is 1. The maximum absolute atomic E-state index is 14.0. The van der Waals surface area contributed by atoms with Gasteiger partial charge in [-0.15, -0.1) is 0 Å². The highest BCUT2D eigenvalue weighted by Gasteiger charge is 2.69. The first kappa shape index (κ1) is 30.7. The quantitative estimate of drug-likeness (QED) is 0.251. The summed E-state index contributed by atoms with van der Waals surface area (Å²) in [7, 11) is 0. The van der Waals surface area contributed by atoms with Gasteiger partial charge in [-0.25, -0.2) is 0 Å². The number of likely N-dealkylation sites (tertiary alicyclic amines) is 1. The molecular formula is C29H38N4O7. The summed E-state index contributed by atoms with van der Waals surface area (Å²) in [6.45, 7) is 4.80. The fourth-order valence-corrected chi connectivity index (χ4v) is 5.74. The number of rotatable bonds is 13. The molecule has 2 amide bonds. The second-order valence-electron chi connectivity index (χ2n) is 10.3. The Morgan fingerprint density at radius 1 is 1.15 bits per heavy atom. The highest BCUT2D eigenvalue weighted by molar-refractivity contribution is 5.93. The number of nitrogens with two attached hydrogens (primary N) is 1. The molecule has 1 aliphatic heterocycles. The van der Waals surface area contributed by atoms with Crippen LogP contribution in [-0.4, -0.2) is 63.5 Å². The van der Waals surface area contributed by atoms with E-state index in [-0.39, 0.29) is 25.5 Å². The van der Waals surface area contributed by atoms with Crippen LogP contribution in [0.15, 0.2) is 60.7 Å². The largest absolute Gasteiger partial charge is 0.481 e. The van der Waals surface area contributed by atoms with E-state index in [9.17, 15) is 24.5 Å². The number of benzene rings is 2. The maximum atomic E-state index is 14.0. The Kier molecular flexibility index (Phi) is 10.4. The Balaban J connectivity index is 2.23. The van der Waals surface area contributed by atoms with Crippen LogP contribution in [0, 0.1) is 22.0 Å². The molecule has 1 saturated heterocycles. The van der Waals surface area contributed by atoms with Crippen molar-refractivity contribution in [2.45, 2.75) is 63.9 Å². The van der Waals surface area contributed by atoms with Gasteiger partial charge in [-0.1, -0.05) is 80.9 Å². The summed E-state index contributed by atoms with van der Waals surface area (Å²) in [6.07, 6.45) is -0.562. The second-order valence-corrected chi connectivity index (χ2v) is 10.3. The van der Waals surface area contributed by atoms with E-state index in [0.717, 1.165) is 5.56 Å². The third-order valence-electron chi connectivity index (χ3n) is 7.88. The van der Waals surface area contributed by atoms with E-state index in [4.69, 9.17) is 15.6 Å². The second kappa shape index (κ2) is 13.5. The lowest BCUT2D eigenvalue weighted by Crippen LogP contribution is -2.63. The summed E-state index contributed by atoms with van der Waals surface area (Å²) < 4.78 is 6.43. The fourth-order valence-electron chi connectivity index (χ4n) is 5.74. The van der Waals surface area contributed by atoms with Crippen molar-refractivity contribution in [1.29, 1.82) is 0 Å². The molecule has 0 radical (unpaired) electrons. The molecule has 6 atom stereocenters. The first-order valence-corrected chi connectivity index (χ1v) is 13.4. The molecule has 216 valence electrons. The van der Waals surface area contributed by atoms with E-state index < -0.39 is 58.9 Å². The van der Waals surface area contributed by atoms with Crippen molar-refractivity contribution >= 4 is 17.8 Å². The molecule has 0 bridgehead atoms. The predicted octanol–water partition coefficient (Wildman–Crippen LogP) is 2.77. The van der Waals surface area contributed by atoms with Crippen molar-refractivity contribution < 1.29 is 29.2 Å². The van der Waals surface area contributed by atoms with Crippen LogP contribution in [0.25, 0.3) is 0 Å². The van der Waals surface area contributed by atoms with Gasteiger partial charge in [0.05, 0.1) is 31.6 Å². The molecule has 0 aliphatic carbocycles. The number of nitrogens with zero attached hydrogens (tertiary/aromatic N) is 2. The number of amides is 2. The van der Waals surface area contributed by atoms with Gasteiger partial charge in [0.2, 0.25) is 17.9 Å². The average molecular weight is 555 g/mol. The molecule has 40 heavy (non-hydrogen) atoms. The predicted molar refractivity (Wildman–Crippen MR) is 147 cm³/mol. The molecule has 1 unspecified atom stereocenters. The van der Waals surface area contributed by atoms with E-state index >= 15 is 0 Å². The molecule has 3 rings (SSSR count). The third-order valence-corrected chi connectivity index (χ3v) is 7.88. The lowest BCUT2D eigenvalue weighted by molar-refractivity contribution is -0.536. The van der Waals surface area contributed by atoms with Gasteiger partial charge >= 0.3 is 5.97 Å². The zero-order chi connectivity index (χ0) is 29.4. The van der Waals surface area contributed by atoms with E-state index in [2.05, 4.69) is 5.32 Å². The molecule has 1 heterocycles. The van der Waals surface area contributed by atoms with Gasteiger partial charge < -0.3 is 25.8 Å². The Bertz CT molecular complexity index is 1180. The van der Waals surface area contributed by atoms with Crippen molar-refractivity contribution in [1.82, 2.24) is 10.2 Å². The lowest BCUT2D eigenvalue weighted by atomic mass is 9.74. The monoisotopic (exact) mass is 554 g/mol. The molecule has 2 aromatic carbocycles. The molecule has 0 spiro atoms. The molecule has 11 nitrogen and oxygen atoms in total. The number of aliphatic carboxylic acids is 1. The van der Waals surface area contributed by atoms with Crippen LogP contribution in [0.3, 0.4) is 0 Å². The normalized spacial score (nSPS) is 23.8. The van der Waals surface area contributed by atoms with Crippen molar-refractivity contribution in [3.05, 3.63) is 81.9 Å². The minimum absolute atomic E-state index is 0.147. The van der Waals surface area contributed by atoms with Gasteiger partial charge in [-0.3, -0.25) is 24.5 Å². The van der Waals surface area contributed by atoms with E-state index in [1.165, 1.54) is 11.8 Å². The minimum Gasteiger partial charge on any atom is -0.481 e. The number of nitrogens with one attached hydrogen (secondary N) is 1. The van der Waals surface area contributed by atoms with Crippen LogP contribution < -0.4 is 11.1 Å². The Hall–Kier alpha value is -3.83. The first-order chi connectivity index (χ1) is 19.1. The molecule has 0 aromatic heterocycles. The molecule has 0 saturated carbocycles. The Morgan fingerprint density at radius 2 is 1.75 bits per heavy atom. The van der Waals surface area contributed by atoms with Crippen LogP contribution in [0.4, 0.5) is 0 Å². The Morgan fingerprint density at radius 3 is 2.27 bits per heavy atom. The zero-order valence-corrected chi connectivity index (χ0v) is 23.1. The third kappa shape index (κ3) is 6.31. The van der Waals surface area contributed by atoms with Gasteiger partial charge in [0, 0.05) is 11.5 Å². The topological polar surface area (TPSA) is 165 Å². The maximum Gasteiger partial charge on any atom is 0.305 e. The smallest absolute Gasteiger partial charge is 0.305 e. The number of hydrogen-bond acceptors (Lipinski definition) is 7. The van der Waals surface area contributed by atoms with Crippen LogP contribution in [-0.2, 0) is 25.7 Å². The van der Waals surface area contributed by atoms with Crippen molar-refractivity contribution in [2.75, 3.05) is 13.1 Å². The van der Waals surface area contributed by atoms with E-state index in [0.29, 0.717) is 12.0 Å². The highest BCUT2D eigenvalue weighted by atomic mass is 16.6. The summed E-state index contributed by atoms with van der Waals surface area (Å²) in [5.74, 6) is -3.76. The minimum atomic E-state index is -1.78. The summed E-state index contributed by atoms with van der Waals surface area (Å²) in [6, 6.07) is 15.4. The van der Waals surface area contributed by atoms with Gasteiger partial charge in [-0.05, 0) is 24.0 Å². The molecule has 1 fully saturated rings. The van der Waals surface area contributed by atoms with Crippen LogP contribution in [0.5, 0.6) is 0 Å². The van der Waals surface area contributed by atoms with Crippen molar-refractivity contribution in [3.63, 3.8) is 0 Å². The number of carboxylic acids is 1. The zero-order valence-electron chi connectivity index (χ0n) is 23.1. The molecule has 11 heteroatoms. The van der Waals surface area contributed by atoms with Crippen molar-refractivity contribution in [2.24, 2.45) is 17.6 Å². The average Bonchev–Trinajstić information content (AvgIpc) is 3.23. The number of carboxylic acid groups (broad SMARTS) is 1. The fraction of sp³-hybridized carbons (Fsp3) is 0.483. The summed E-state index contributed by atoms with van der Waals surface area (Å²) >= 11 is 0. The summed E-state index contributed by atoms with van der Waals surface area (Å²) in [4.78, 5) is 52.4. The first-order valence-electron chi connectivity index (χ1n) is 13.4. The van der Waals surface area contributed by atoms with Crippen LogP contribution in [0.1, 0.15) is 50.8 Å². The molecule has 4 N–H and O–H groups in total. The SMILES string of the molecule is CC[C@H](C)C(OCc1ccccc1)[C@H]1[C@H]([N+](=O)[O-])[C@H](c2ccccc2)N(C(=O)CN)[C@]1(C)C(=O)NCCC(=O)O. The van der Waals surface area contributed by atoms with Crippen LogP contribution >= 0.6 is 0 Å². The summed E-state index contributed by atoms with van der Waals surface area (Å²) in [5, 5.41) is 24.7.